The second kappa shape index (κ2) is 7.64. The molecule has 29 heavy (non-hydrogen) atoms. The maximum absolute atomic E-state index is 12.9. The summed E-state index contributed by atoms with van der Waals surface area (Å²) in [5.74, 6) is 0.665. The van der Waals surface area contributed by atoms with Crippen LogP contribution in [0.15, 0.2) is 53.1 Å². The van der Waals surface area contributed by atoms with Crippen molar-refractivity contribution in [1.82, 2.24) is 0 Å². The Kier molecular flexibility index (Phi) is 5.17. The van der Waals surface area contributed by atoms with Gasteiger partial charge >= 0.3 is 6.09 Å². The molecule has 1 atom stereocenters. The normalized spacial score (nSPS) is 16.6. The molecular formula is C23H24ClNO4. The summed E-state index contributed by atoms with van der Waals surface area (Å²) in [6.45, 7) is 6.33. The Hall–Kier alpha value is -2.66. The molecule has 0 saturated carbocycles. The van der Waals surface area contributed by atoms with E-state index >= 15 is 0 Å². The fourth-order valence-electron chi connectivity index (χ4n) is 3.51. The molecule has 0 bridgehead atoms. The van der Waals surface area contributed by atoms with E-state index in [9.17, 15) is 4.79 Å². The molecule has 1 aliphatic rings. The van der Waals surface area contributed by atoms with Gasteiger partial charge in [-0.2, -0.15) is 0 Å². The highest BCUT2D eigenvalue weighted by Gasteiger charge is 2.33. The summed E-state index contributed by atoms with van der Waals surface area (Å²) >= 11 is 6.48. The summed E-state index contributed by atoms with van der Waals surface area (Å²) in [6.07, 6.45) is 1.82. The van der Waals surface area contributed by atoms with Gasteiger partial charge in [0.1, 0.15) is 23.5 Å². The lowest BCUT2D eigenvalue weighted by molar-refractivity contribution is 0.0578. The number of alkyl halides is 1. The van der Waals surface area contributed by atoms with Gasteiger partial charge in [-0.1, -0.05) is 30.3 Å². The minimum Gasteiger partial charge on any atom is -0.488 e. The van der Waals surface area contributed by atoms with Crippen LogP contribution in [0.5, 0.6) is 5.75 Å². The molecule has 1 amide bonds. The highest BCUT2D eigenvalue weighted by atomic mass is 35.5. The Labute approximate surface area is 175 Å². The zero-order valence-corrected chi connectivity index (χ0v) is 17.5. The third kappa shape index (κ3) is 4.20. The Morgan fingerprint density at radius 2 is 2.00 bits per heavy atom. The molecule has 1 aliphatic heterocycles. The van der Waals surface area contributed by atoms with Crippen LogP contribution in [0.3, 0.4) is 0 Å². The van der Waals surface area contributed by atoms with Crippen molar-refractivity contribution in [2.45, 2.75) is 44.8 Å². The lowest BCUT2D eigenvalue weighted by Crippen LogP contribution is -2.43. The fraction of sp³-hybridized carbons (Fsp3) is 0.348. The first-order valence-corrected chi connectivity index (χ1v) is 10.1. The average molecular weight is 414 g/mol. The van der Waals surface area contributed by atoms with E-state index in [0.717, 1.165) is 22.2 Å². The number of rotatable bonds is 3. The van der Waals surface area contributed by atoms with Crippen LogP contribution in [0.4, 0.5) is 10.5 Å². The average Bonchev–Trinajstić information content (AvgIpc) is 3.15. The van der Waals surface area contributed by atoms with Crippen LogP contribution < -0.4 is 9.64 Å². The number of halogens is 1. The van der Waals surface area contributed by atoms with Crippen molar-refractivity contribution in [3.05, 3.63) is 59.9 Å². The molecule has 0 aliphatic carbocycles. The maximum atomic E-state index is 12.9. The van der Waals surface area contributed by atoms with Crippen molar-refractivity contribution < 1.29 is 18.7 Å². The van der Waals surface area contributed by atoms with Crippen LogP contribution in [0.25, 0.3) is 11.0 Å². The Bertz CT molecular complexity index is 1020. The van der Waals surface area contributed by atoms with Gasteiger partial charge in [0.15, 0.2) is 0 Å². The van der Waals surface area contributed by atoms with Crippen molar-refractivity contribution in [3.8, 4) is 5.75 Å². The lowest BCUT2D eigenvalue weighted by atomic mass is 9.99. The molecule has 152 valence electrons. The van der Waals surface area contributed by atoms with Gasteiger partial charge in [-0.25, -0.2) is 4.79 Å². The number of furan rings is 1. The number of amides is 1. The van der Waals surface area contributed by atoms with Gasteiger partial charge in [-0.05, 0) is 38.8 Å². The summed E-state index contributed by atoms with van der Waals surface area (Å²) in [5, 5.41) is 0.647. The number of fused-ring (bicyclic) bond motifs is 3. The molecule has 1 aromatic heterocycles. The van der Waals surface area contributed by atoms with Gasteiger partial charge in [-0.15, -0.1) is 11.6 Å². The zero-order chi connectivity index (χ0) is 20.6. The molecule has 0 fully saturated rings. The van der Waals surface area contributed by atoms with Gasteiger partial charge in [0.25, 0.3) is 0 Å². The van der Waals surface area contributed by atoms with Gasteiger partial charge in [0.05, 0.1) is 22.7 Å². The first-order chi connectivity index (χ1) is 13.8. The van der Waals surface area contributed by atoms with Crippen LogP contribution in [0.1, 0.15) is 31.9 Å². The van der Waals surface area contributed by atoms with Crippen LogP contribution in [0, 0.1) is 0 Å². The molecule has 0 radical (unpaired) electrons. The fourth-order valence-corrected chi connectivity index (χ4v) is 3.80. The van der Waals surface area contributed by atoms with E-state index in [1.54, 1.807) is 11.2 Å². The molecule has 5 nitrogen and oxygen atoms in total. The molecule has 0 saturated heterocycles. The van der Waals surface area contributed by atoms with Crippen LogP contribution in [0.2, 0.25) is 0 Å². The van der Waals surface area contributed by atoms with E-state index in [1.807, 2.05) is 63.2 Å². The molecule has 1 unspecified atom stereocenters. The van der Waals surface area contributed by atoms with E-state index in [0.29, 0.717) is 30.9 Å². The van der Waals surface area contributed by atoms with Gasteiger partial charge < -0.3 is 13.9 Å². The first kappa shape index (κ1) is 19.6. The number of nitrogens with zero attached hydrogens (tertiary/aromatic N) is 1. The quantitative estimate of drug-likeness (QED) is 0.500. The van der Waals surface area contributed by atoms with Crippen LogP contribution in [-0.4, -0.2) is 23.6 Å². The summed E-state index contributed by atoms with van der Waals surface area (Å²) < 4.78 is 17.5. The van der Waals surface area contributed by atoms with Crippen molar-refractivity contribution in [1.29, 1.82) is 0 Å². The summed E-state index contributed by atoms with van der Waals surface area (Å²) in [4.78, 5) is 14.4. The summed E-state index contributed by atoms with van der Waals surface area (Å²) in [6, 6.07) is 13.7. The maximum Gasteiger partial charge on any atom is 0.414 e. The number of hydrogen-bond acceptors (Lipinski definition) is 4. The van der Waals surface area contributed by atoms with E-state index < -0.39 is 11.7 Å². The number of carbonyl (C=O) groups is 1. The van der Waals surface area contributed by atoms with Gasteiger partial charge in [-0.3, -0.25) is 4.90 Å². The molecule has 0 N–H and O–H groups in total. The number of carbonyl (C=O) groups excluding carboxylic acids is 1. The zero-order valence-electron chi connectivity index (χ0n) is 16.8. The molecule has 3 aromatic rings. The van der Waals surface area contributed by atoms with Crippen molar-refractivity contribution >= 4 is 34.4 Å². The summed E-state index contributed by atoms with van der Waals surface area (Å²) in [5.41, 5.74) is 2.78. The van der Waals surface area contributed by atoms with Gasteiger partial charge in [0, 0.05) is 18.2 Å². The molecule has 2 aromatic carbocycles. The standard InChI is InChI=1S/C23H24ClNO4/c1-23(2,3)29-22(26)25-13-16(24)11-18-19(25)12-20(17-9-10-27-21(17)18)28-14-15-7-5-4-6-8-15/h4-10,12,16H,11,13-14H2,1-3H3. The van der Waals surface area contributed by atoms with Crippen molar-refractivity contribution in [2.24, 2.45) is 0 Å². The highest BCUT2D eigenvalue weighted by molar-refractivity contribution is 6.22. The third-order valence-electron chi connectivity index (χ3n) is 4.73. The second-order valence-electron chi connectivity index (χ2n) is 8.20. The monoisotopic (exact) mass is 413 g/mol. The van der Waals surface area contributed by atoms with E-state index in [-0.39, 0.29) is 5.38 Å². The van der Waals surface area contributed by atoms with Gasteiger partial charge in [0.2, 0.25) is 0 Å². The first-order valence-electron chi connectivity index (χ1n) is 9.66. The van der Waals surface area contributed by atoms with Crippen LogP contribution in [-0.2, 0) is 17.8 Å². The van der Waals surface area contributed by atoms with Crippen molar-refractivity contribution in [3.63, 3.8) is 0 Å². The van der Waals surface area contributed by atoms with E-state index in [4.69, 9.17) is 25.5 Å². The largest absolute Gasteiger partial charge is 0.488 e. The minimum absolute atomic E-state index is 0.223. The topological polar surface area (TPSA) is 51.9 Å². The third-order valence-corrected chi connectivity index (χ3v) is 5.02. The minimum atomic E-state index is -0.599. The SMILES string of the molecule is CC(C)(C)OC(=O)N1CC(Cl)Cc2c1cc(OCc1ccccc1)c1ccoc21. The van der Waals surface area contributed by atoms with E-state index in [2.05, 4.69) is 0 Å². The molecular weight excluding hydrogens is 390 g/mol. The molecule has 2 heterocycles. The Morgan fingerprint density at radius 1 is 1.24 bits per heavy atom. The second-order valence-corrected chi connectivity index (χ2v) is 8.82. The predicted octanol–water partition coefficient (Wildman–Crippen LogP) is 5.92. The molecule has 6 heteroatoms. The highest BCUT2D eigenvalue weighted by Crippen LogP contribution is 2.41. The summed E-state index contributed by atoms with van der Waals surface area (Å²) in [7, 11) is 0. The molecule has 0 spiro atoms. The lowest BCUT2D eigenvalue weighted by Gasteiger charge is -2.34. The van der Waals surface area contributed by atoms with E-state index in [1.165, 1.54) is 0 Å². The smallest absolute Gasteiger partial charge is 0.414 e. The number of hydrogen-bond donors (Lipinski definition) is 0. The number of anilines is 1. The number of ether oxygens (including phenoxy) is 2. The Balaban J connectivity index is 1.73. The number of benzene rings is 2. The molecule has 4 rings (SSSR count). The van der Waals surface area contributed by atoms with Crippen molar-refractivity contribution in [2.75, 3.05) is 11.4 Å². The van der Waals surface area contributed by atoms with Crippen LogP contribution >= 0.6 is 11.6 Å². The Morgan fingerprint density at radius 3 is 2.72 bits per heavy atom. The predicted molar refractivity (Wildman–Crippen MR) is 114 cm³/mol.